The molecule has 9 nitrogen and oxygen atoms in total. The maximum Gasteiger partial charge on any atom is 0.273 e. The number of hydrogen-bond donors (Lipinski definition) is 4. The van der Waals surface area contributed by atoms with Gasteiger partial charge in [0, 0.05) is 43.6 Å². The van der Waals surface area contributed by atoms with Crippen molar-refractivity contribution in [1.82, 2.24) is 20.2 Å². The molecule has 6 N–H and O–H groups in total. The third-order valence-electron chi connectivity index (χ3n) is 8.02. The maximum absolute atomic E-state index is 15.7. The van der Waals surface area contributed by atoms with E-state index in [0.29, 0.717) is 41.0 Å². The van der Waals surface area contributed by atoms with E-state index in [1.807, 2.05) is 54.3 Å². The van der Waals surface area contributed by atoms with Crippen LogP contribution < -0.4 is 22.1 Å². The number of likely N-dealkylation sites (tertiary alicyclic amines) is 1. The topological polar surface area (TPSA) is 139 Å². The van der Waals surface area contributed by atoms with Crippen LogP contribution in [0.25, 0.3) is 0 Å². The lowest BCUT2D eigenvalue weighted by molar-refractivity contribution is -0.135. The molecule has 1 aliphatic heterocycles. The Labute approximate surface area is 265 Å². The molecule has 2 aromatic heterocycles. The number of carbonyl (C=O) groups is 2. The van der Waals surface area contributed by atoms with Crippen molar-refractivity contribution in [2.75, 3.05) is 25.0 Å². The first-order valence-electron chi connectivity index (χ1n) is 14.4. The molecular weight excluding hydrogens is 598 g/mol. The number of aromatic nitrogens is 2. The molecule has 0 bridgehead atoms. The Morgan fingerprint density at radius 3 is 2.45 bits per heavy atom. The molecular formula is C32H36FN7O2S2. The van der Waals surface area contributed by atoms with Crippen LogP contribution in [0.1, 0.15) is 47.3 Å². The van der Waals surface area contributed by atoms with E-state index < -0.39 is 22.7 Å². The van der Waals surface area contributed by atoms with E-state index in [1.165, 1.54) is 30.2 Å². The Morgan fingerprint density at radius 2 is 1.80 bits per heavy atom. The number of carbonyl (C=O) groups excluding carboxylic acids is 2. The lowest BCUT2D eigenvalue weighted by Gasteiger charge is -2.43. The summed E-state index contributed by atoms with van der Waals surface area (Å²) in [4.78, 5) is 36.6. The standard InChI is InChI=1S/C32H36FN7O2S2/c1-21-8-14-36-25(18-21)39-22(2)43-26(19-34)44-24-9-15-37-28(27(24)33)29(41)38-20-31(23-6-4-3-5-7-23)12-16-40(17-13-31)30(42)32(35)10-11-32/h3-9,14-15,18-19H,2,10-13,16-17,20,34-35H2,1H3,(H,36,39)(H,38,41)/b26-19+. The Morgan fingerprint density at radius 1 is 1.09 bits per heavy atom. The summed E-state index contributed by atoms with van der Waals surface area (Å²) in [6.45, 7) is 7.31. The second kappa shape index (κ2) is 13.4. The van der Waals surface area contributed by atoms with Gasteiger partial charge in [-0.25, -0.2) is 14.4 Å². The summed E-state index contributed by atoms with van der Waals surface area (Å²) in [6, 6.07) is 15.2. The number of nitrogens with two attached hydrogens (primary N) is 2. The fraction of sp³-hybridized carbons (Fsp3) is 0.312. The molecule has 44 heavy (non-hydrogen) atoms. The van der Waals surface area contributed by atoms with Crippen LogP contribution >= 0.6 is 23.5 Å². The molecule has 0 atom stereocenters. The molecule has 3 aromatic rings. The zero-order valence-corrected chi connectivity index (χ0v) is 26.1. The van der Waals surface area contributed by atoms with Crippen molar-refractivity contribution in [3.63, 3.8) is 0 Å². The molecule has 0 unspecified atom stereocenters. The highest BCUT2D eigenvalue weighted by Gasteiger charge is 2.49. The lowest BCUT2D eigenvalue weighted by Crippen LogP contribution is -2.54. The van der Waals surface area contributed by atoms with Gasteiger partial charge < -0.3 is 27.0 Å². The molecule has 0 radical (unpaired) electrons. The van der Waals surface area contributed by atoms with Gasteiger partial charge in [-0.15, -0.1) is 0 Å². The molecule has 1 saturated heterocycles. The number of piperidine rings is 1. The van der Waals surface area contributed by atoms with Crippen LogP contribution in [0.4, 0.5) is 10.2 Å². The molecule has 12 heteroatoms. The first kappa shape index (κ1) is 31.6. The van der Waals surface area contributed by atoms with Gasteiger partial charge in [0.15, 0.2) is 11.5 Å². The van der Waals surface area contributed by atoms with Gasteiger partial charge >= 0.3 is 0 Å². The second-order valence-electron chi connectivity index (χ2n) is 11.2. The number of benzene rings is 1. The SMILES string of the molecule is C=C(Nc1cc(C)ccn1)S/C(=C\N)Sc1ccnc(C(=O)NCC2(c3ccccc3)CCN(C(=O)C3(N)CC3)CC2)c1F. The van der Waals surface area contributed by atoms with E-state index in [-0.39, 0.29) is 23.0 Å². The average Bonchev–Trinajstić information content (AvgIpc) is 3.79. The van der Waals surface area contributed by atoms with E-state index in [2.05, 4.69) is 27.2 Å². The molecule has 5 rings (SSSR count). The third kappa shape index (κ3) is 7.25. The number of nitrogens with zero attached hydrogens (tertiary/aromatic N) is 3. The van der Waals surface area contributed by atoms with Gasteiger partial charge in [-0.05, 0) is 61.9 Å². The number of rotatable bonds is 11. The predicted molar refractivity (Wildman–Crippen MR) is 174 cm³/mol. The first-order valence-corrected chi connectivity index (χ1v) is 16.0. The monoisotopic (exact) mass is 633 g/mol. The molecule has 3 heterocycles. The molecule has 2 fully saturated rings. The first-order chi connectivity index (χ1) is 21.1. The number of thioether (sulfide) groups is 2. The maximum atomic E-state index is 15.7. The highest BCUT2D eigenvalue weighted by molar-refractivity contribution is 8.24. The van der Waals surface area contributed by atoms with Crippen molar-refractivity contribution in [2.45, 2.75) is 48.5 Å². The van der Waals surface area contributed by atoms with Gasteiger partial charge in [0.05, 0.1) is 19.7 Å². The van der Waals surface area contributed by atoms with Crippen LogP contribution in [0.2, 0.25) is 0 Å². The van der Waals surface area contributed by atoms with E-state index >= 15 is 4.39 Å². The Bertz CT molecular complexity index is 1570. The molecule has 1 aliphatic carbocycles. The van der Waals surface area contributed by atoms with Crippen LogP contribution in [0.5, 0.6) is 0 Å². The number of pyridine rings is 2. The van der Waals surface area contributed by atoms with E-state index in [9.17, 15) is 9.59 Å². The van der Waals surface area contributed by atoms with Crippen LogP contribution in [0.15, 0.2) is 87.9 Å². The normalized spacial score (nSPS) is 17.1. The highest BCUT2D eigenvalue weighted by atomic mass is 32.2. The number of aryl methyl sites for hydroxylation is 1. The number of anilines is 1. The number of hydrogen-bond acceptors (Lipinski definition) is 9. The van der Waals surface area contributed by atoms with Crippen LogP contribution in [-0.2, 0) is 10.2 Å². The highest BCUT2D eigenvalue weighted by Crippen LogP contribution is 2.40. The third-order valence-corrected chi connectivity index (χ3v) is 10.1. The van der Waals surface area contributed by atoms with Crippen LogP contribution in [-0.4, -0.2) is 51.9 Å². The summed E-state index contributed by atoms with van der Waals surface area (Å²) in [5.41, 5.74) is 12.7. The number of amides is 2. The van der Waals surface area contributed by atoms with Crippen molar-refractivity contribution in [1.29, 1.82) is 0 Å². The number of nitrogens with one attached hydrogen (secondary N) is 2. The molecule has 0 spiro atoms. The minimum Gasteiger partial charge on any atom is -0.403 e. The zero-order valence-electron chi connectivity index (χ0n) is 24.5. The van der Waals surface area contributed by atoms with Crippen molar-refractivity contribution in [3.05, 3.63) is 106 Å². The minimum absolute atomic E-state index is 0.000898. The Balaban J connectivity index is 1.24. The molecule has 1 saturated carbocycles. The number of halogens is 1. The second-order valence-corrected chi connectivity index (χ2v) is 13.7. The van der Waals surface area contributed by atoms with Crippen molar-refractivity contribution in [3.8, 4) is 0 Å². The minimum atomic E-state index is -0.735. The summed E-state index contributed by atoms with van der Waals surface area (Å²) in [5.74, 6) is -0.713. The van der Waals surface area contributed by atoms with Gasteiger partial charge in [-0.1, -0.05) is 60.4 Å². The molecule has 1 aromatic carbocycles. The van der Waals surface area contributed by atoms with E-state index in [1.54, 1.807) is 6.20 Å². The van der Waals surface area contributed by atoms with E-state index in [0.717, 1.165) is 35.7 Å². The van der Waals surface area contributed by atoms with Gasteiger partial charge in [0.25, 0.3) is 5.91 Å². The Kier molecular flexibility index (Phi) is 9.62. The molecule has 2 aliphatic rings. The largest absolute Gasteiger partial charge is 0.403 e. The quantitative estimate of drug-likeness (QED) is 0.218. The zero-order chi connectivity index (χ0) is 31.3. The van der Waals surface area contributed by atoms with Crippen LogP contribution in [0.3, 0.4) is 0 Å². The van der Waals surface area contributed by atoms with Crippen LogP contribution in [0, 0.1) is 12.7 Å². The molecule has 230 valence electrons. The van der Waals surface area contributed by atoms with Gasteiger partial charge in [-0.3, -0.25) is 9.59 Å². The summed E-state index contributed by atoms with van der Waals surface area (Å²) in [5, 5.41) is 6.60. The summed E-state index contributed by atoms with van der Waals surface area (Å²) in [6.07, 6.45) is 7.18. The van der Waals surface area contributed by atoms with E-state index in [4.69, 9.17) is 11.5 Å². The summed E-state index contributed by atoms with van der Waals surface area (Å²) < 4.78 is 16.2. The summed E-state index contributed by atoms with van der Waals surface area (Å²) in [7, 11) is 0. The van der Waals surface area contributed by atoms with Gasteiger partial charge in [0.1, 0.15) is 5.82 Å². The molecule has 2 amide bonds. The fourth-order valence-corrected chi connectivity index (χ4v) is 7.05. The van der Waals surface area contributed by atoms with Crippen molar-refractivity contribution in [2.24, 2.45) is 11.5 Å². The predicted octanol–water partition coefficient (Wildman–Crippen LogP) is 4.87. The smallest absolute Gasteiger partial charge is 0.273 e. The Hall–Kier alpha value is -3.87. The average molecular weight is 634 g/mol. The van der Waals surface area contributed by atoms with Crippen molar-refractivity contribution >= 4 is 41.2 Å². The lowest BCUT2D eigenvalue weighted by atomic mass is 9.72. The van der Waals surface area contributed by atoms with Gasteiger partial charge in [0.2, 0.25) is 5.91 Å². The summed E-state index contributed by atoms with van der Waals surface area (Å²) >= 11 is 2.30. The van der Waals surface area contributed by atoms with Crippen molar-refractivity contribution < 1.29 is 14.0 Å². The fourth-order valence-electron chi connectivity index (χ4n) is 5.25. The van der Waals surface area contributed by atoms with Gasteiger partial charge in [-0.2, -0.15) is 0 Å².